The predicted molar refractivity (Wildman–Crippen MR) is 118 cm³/mol. The van der Waals surface area contributed by atoms with E-state index >= 15 is 0 Å². The van der Waals surface area contributed by atoms with Gasteiger partial charge in [0.2, 0.25) is 0 Å². The van der Waals surface area contributed by atoms with Crippen molar-refractivity contribution in [3.05, 3.63) is 25.3 Å². The highest BCUT2D eigenvalue weighted by Crippen LogP contribution is 2.38. The number of ether oxygens (including phenoxy) is 2. The van der Waals surface area contributed by atoms with Gasteiger partial charge in [0.05, 0.1) is 39.1 Å². The summed E-state index contributed by atoms with van der Waals surface area (Å²) >= 11 is 4.86. The highest BCUT2D eigenvalue weighted by atomic mass is 32.5. The number of rotatable bonds is 12. The third kappa shape index (κ3) is 5.75. The second-order valence-corrected chi connectivity index (χ2v) is 9.23. The molecule has 0 bridgehead atoms. The van der Waals surface area contributed by atoms with Crippen LogP contribution in [0.5, 0.6) is 0 Å². The molecular weight excluding hydrogens is 475 g/mol. The van der Waals surface area contributed by atoms with Crippen LogP contribution in [-0.4, -0.2) is 65.5 Å². The van der Waals surface area contributed by atoms with Gasteiger partial charge in [-0.2, -0.15) is 0 Å². The molecule has 0 amide bonds. The minimum atomic E-state index is -3.67. The van der Waals surface area contributed by atoms with Crippen LogP contribution in [0.1, 0.15) is 0 Å². The maximum atomic E-state index is 12.2. The standard InChI is InChI=1S/C16H21N10O5PS/c17-13-11-15(21-5-19-13)25(7-23-11)9-28-1-3-30-32(27,33)31-4-2-29-10-26-8-24-12-14(18)20-6-22-16(12)26/h5-8H,1-4,9-10H2,(H,27,33)(H2,17,19,21)(H2,18,20,22)/p-1. The predicted octanol–water partition coefficient (Wildman–Crippen LogP) is -0.603. The van der Waals surface area contributed by atoms with E-state index in [1.807, 2.05) is 0 Å². The van der Waals surface area contributed by atoms with Crippen LogP contribution in [0.25, 0.3) is 22.3 Å². The van der Waals surface area contributed by atoms with E-state index in [-0.39, 0.29) is 51.5 Å². The SMILES string of the molecule is Nc1ncnc2c1ncn2COCCOP([O-])(=S)OCCOCn1cnc2c(N)ncnc21. The first-order chi connectivity index (χ1) is 15.9. The van der Waals surface area contributed by atoms with E-state index in [1.165, 1.54) is 25.3 Å². The average molecular weight is 495 g/mol. The van der Waals surface area contributed by atoms with Gasteiger partial charge in [-0.3, -0.25) is 9.13 Å². The molecule has 0 unspecified atom stereocenters. The van der Waals surface area contributed by atoms with E-state index in [0.29, 0.717) is 22.3 Å². The molecule has 0 fully saturated rings. The Kier molecular flexibility index (Phi) is 7.34. The van der Waals surface area contributed by atoms with Crippen molar-refractivity contribution in [3.8, 4) is 0 Å². The summed E-state index contributed by atoms with van der Waals surface area (Å²) in [5, 5.41) is 0. The Morgan fingerprint density at radius 1 is 0.758 bits per heavy atom. The van der Waals surface area contributed by atoms with Gasteiger partial charge in [-0.1, -0.05) is 11.8 Å². The first-order valence-electron chi connectivity index (χ1n) is 9.53. The normalized spacial score (nSPS) is 12.2. The van der Waals surface area contributed by atoms with Crippen LogP contribution in [-0.2, 0) is 43.8 Å². The molecule has 17 heteroatoms. The van der Waals surface area contributed by atoms with Crippen molar-refractivity contribution >= 4 is 52.5 Å². The van der Waals surface area contributed by atoms with Crippen LogP contribution in [0.15, 0.2) is 25.3 Å². The van der Waals surface area contributed by atoms with Gasteiger partial charge in [0.25, 0.3) is 0 Å². The number of aromatic nitrogens is 8. The molecule has 0 saturated heterocycles. The Balaban J connectivity index is 1.12. The van der Waals surface area contributed by atoms with Crippen LogP contribution in [0.3, 0.4) is 0 Å². The molecule has 15 nitrogen and oxygen atoms in total. The van der Waals surface area contributed by atoms with E-state index in [1.54, 1.807) is 9.13 Å². The first kappa shape index (κ1) is 23.3. The molecule has 0 aliphatic carbocycles. The molecule has 4 N–H and O–H groups in total. The number of fused-ring (bicyclic) bond motifs is 2. The summed E-state index contributed by atoms with van der Waals surface area (Å²) in [5.41, 5.74) is 13.5. The topological polar surface area (TPSA) is 199 Å². The van der Waals surface area contributed by atoms with Crippen LogP contribution < -0.4 is 16.4 Å². The molecule has 0 atom stereocenters. The number of nitrogen functional groups attached to an aromatic ring is 2. The largest absolute Gasteiger partial charge is 0.780 e. The third-order valence-corrected chi connectivity index (χ3v) is 5.90. The molecule has 0 aliphatic heterocycles. The van der Waals surface area contributed by atoms with Crippen LogP contribution in [0, 0.1) is 0 Å². The first-order valence-corrected chi connectivity index (χ1v) is 12.1. The zero-order chi connectivity index (χ0) is 23.3. The van der Waals surface area contributed by atoms with Crippen molar-refractivity contribution in [1.82, 2.24) is 39.0 Å². The highest BCUT2D eigenvalue weighted by Gasteiger charge is 2.09. The number of anilines is 2. The fourth-order valence-electron chi connectivity index (χ4n) is 2.77. The van der Waals surface area contributed by atoms with Gasteiger partial charge in [0.15, 0.2) is 22.9 Å². The lowest BCUT2D eigenvalue weighted by Gasteiger charge is -2.27. The summed E-state index contributed by atoms with van der Waals surface area (Å²) in [5.74, 6) is 0.569. The molecule has 0 aromatic carbocycles. The molecule has 0 saturated carbocycles. The van der Waals surface area contributed by atoms with Crippen LogP contribution in [0.4, 0.5) is 11.6 Å². The summed E-state index contributed by atoms with van der Waals surface area (Å²) < 4.78 is 24.5. The van der Waals surface area contributed by atoms with Crippen LogP contribution in [0.2, 0.25) is 0 Å². The van der Waals surface area contributed by atoms with E-state index in [0.717, 1.165) is 0 Å². The third-order valence-electron chi connectivity index (χ3n) is 4.27. The van der Waals surface area contributed by atoms with Crippen molar-refractivity contribution < 1.29 is 23.4 Å². The van der Waals surface area contributed by atoms with Gasteiger partial charge in [-0.05, 0) is 0 Å². The lowest BCUT2D eigenvalue weighted by atomic mass is 10.5. The summed E-state index contributed by atoms with van der Waals surface area (Å²) in [6.07, 6.45) is 5.75. The van der Waals surface area contributed by atoms with Gasteiger partial charge >= 0.3 is 0 Å². The second-order valence-electron chi connectivity index (χ2n) is 6.48. The highest BCUT2D eigenvalue weighted by molar-refractivity contribution is 8.06. The van der Waals surface area contributed by atoms with Crippen molar-refractivity contribution in [1.29, 1.82) is 0 Å². The number of nitrogens with two attached hydrogens (primary N) is 2. The fourth-order valence-corrected chi connectivity index (χ4v) is 3.88. The Hall–Kier alpha value is -2.85. The molecule has 176 valence electrons. The zero-order valence-electron chi connectivity index (χ0n) is 17.2. The van der Waals surface area contributed by atoms with E-state index in [2.05, 4.69) is 29.9 Å². The molecular formula is C16H20N10O5PS-. The lowest BCUT2D eigenvalue weighted by Crippen LogP contribution is -2.15. The number of imidazole rings is 2. The van der Waals surface area contributed by atoms with Crippen LogP contribution >= 0.6 is 6.72 Å². The number of hydrogen-bond acceptors (Lipinski definition) is 14. The van der Waals surface area contributed by atoms with Gasteiger partial charge in [0.1, 0.15) is 43.9 Å². The zero-order valence-corrected chi connectivity index (χ0v) is 18.9. The summed E-state index contributed by atoms with van der Waals surface area (Å²) in [4.78, 5) is 36.4. The van der Waals surface area contributed by atoms with Gasteiger partial charge in [-0.15, -0.1) is 0 Å². The maximum absolute atomic E-state index is 12.2. The van der Waals surface area contributed by atoms with Gasteiger partial charge in [-0.25, -0.2) is 29.9 Å². The Morgan fingerprint density at radius 2 is 1.21 bits per heavy atom. The molecule has 4 rings (SSSR count). The van der Waals surface area contributed by atoms with Crippen molar-refractivity contribution in [3.63, 3.8) is 0 Å². The molecule has 4 aromatic rings. The van der Waals surface area contributed by atoms with Crippen molar-refractivity contribution in [2.75, 3.05) is 37.9 Å². The minimum Gasteiger partial charge on any atom is -0.780 e. The Morgan fingerprint density at radius 3 is 1.67 bits per heavy atom. The molecule has 4 aromatic heterocycles. The smallest absolute Gasteiger partial charge is 0.167 e. The van der Waals surface area contributed by atoms with Gasteiger partial charge in [0, 0.05) is 0 Å². The molecule has 0 aliphatic rings. The van der Waals surface area contributed by atoms with Gasteiger partial charge < -0.3 is 34.9 Å². The van der Waals surface area contributed by atoms with E-state index in [4.69, 9.17) is 41.8 Å². The monoisotopic (exact) mass is 495 g/mol. The Labute approximate surface area is 192 Å². The van der Waals surface area contributed by atoms with E-state index in [9.17, 15) is 4.89 Å². The summed E-state index contributed by atoms with van der Waals surface area (Å²) in [6.45, 7) is -3.18. The maximum Gasteiger partial charge on any atom is 0.167 e. The summed E-state index contributed by atoms with van der Waals surface area (Å²) in [6, 6.07) is 0. The van der Waals surface area contributed by atoms with E-state index < -0.39 is 6.72 Å². The average Bonchev–Trinajstić information content (AvgIpc) is 3.39. The molecule has 0 radical (unpaired) electrons. The molecule has 4 heterocycles. The molecule has 33 heavy (non-hydrogen) atoms. The summed E-state index contributed by atoms with van der Waals surface area (Å²) in [7, 11) is 0. The number of hydrogen-bond donors (Lipinski definition) is 2. The fraction of sp³-hybridized carbons (Fsp3) is 0.375. The second kappa shape index (κ2) is 10.4. The molecule has 0 spiro atoms. The Bertz CT molecular complexity index is 1190. The minimum absolute atomic E-state index is 0.0203. The quantitative estimate of drug-likeness (QED) is 0.186. The van der Waals surface area contributed by atoms with Crippen molar-refractivity contribution in [2.24, 2.45) is 0 Å². The lowest BCUT2D eigenvalue weighted by molar-refractivity contribution is -0.208. The number of nitrogens with zero attached hydrogens (tertiary/aromatic N) is 8. The van der Waals surface area contributed by atoms with Crippen molar-refractivity contribution in [2.45, 2.75) is 13.5 Å².